The average molecular weight is 246 g/mol. The van der Waals surface area contributed by atoms with Gasteiger partial charge >= 0.3 is 0 Å². The van der Waals surface area contributed by atoms with Gasteiger partial charge in [0, 0.05) is 24.8 Å². The van der Waals surface area contributed by atoms with Gasteiger partial charge in [-0.15, -0.1) is 0 Å². The largest absolute Gasteiger partial charge is 0.392 e. The van der Waals surface area contributed by atoms with Crippen molar-refractivity contribution in [3.05, 3.63) is 36.0 Å². The fourth-order valence-corrected chi connectivity index (χ4v) is 2.31. The maximum absolute atomic E-state index is 9.20. The Morgan fingerprint density at radius 3 is 2.61 bits per heavy atom. The molecule has 0 aliphatic carbocycles. The number of rotatable bonds is 6. The van der Waals surface area contributed by atoms with Gasteiger partial charge in [-0.2, -0.15) is 0 Å². The zero-order valence-corrected chi connectivity index (χ0v) is 11.3. The van der Waals surface area contributed by atoms with E-state index < -0.39 is 0 Å². The van der Waals surface area contributed by atoms with Crippen LogP contribution >= 0.6 is 0 Å². The van der Waals surface area contributed by atoms with Crippen LogP contribution in [0, 0.1) is 0 Å². The van der Waals surface area contributed by atoms with Gasteiger partial charge < -0.3 is 14.6 Å². The van der Waals surface area contributed by atoms with Crippen LogP contribution in [0.15, 0.2) is 30.5 Å². The highest BCUT2D eigenvalue weighted by atomic mass is 16.3. The maximum atomic E-state index is 9.20. The van der Waals surface area contributed by atoms with E-state index in [4.69, 9.17) is 0 Å². The molecule has 1 aromatic carbocycles. The quantitative estimate of drug-likeness (QED) is 0.848. The first kappa shape index (κ1) is 13.1. The van der Waals surface area contributed by atoms with Crippen molar-refractivity contribution in [2.24, 2.45) is 0 Å². The van der Waals surface area contributed by atoms with Gasteiger partial charge in [0.25, 0.3) is 0 Å². The molecule has 0 aliphatic heterocycles. The fourth-order valence-electron chi connectivity index (χ4n) is 2.31. The molecule has 0 spiro atoms. The number of nitrogens with zero attached hydrogens (tertiary/aromatic N) is 2. The highest BCUT2D eigenvalue weighted by Gasteiger charge is 2.04. The highest BCUT2D eigenvalue weighted by molar-refractivity contribution is 5.80. The molecular weight excluding hydrogens is 224 g/mol. The lowest BCUT2D eigenvalue weighted by atomic mass is 10.2. The van der Waals surface area contributed by atoms with Crippen molar-refractivity contribution in [3.63, 3.8) is 0 Å². The van der Waals surface area contributed by atoms with Crippen molar-refractivity contribution in [2.45, 2.75) is 27.0 Å². The summed E-state index contributed by atoms with van der Waals surface area (Å²) in [5.41, 5.74) is 2.19. The van der Waals surface area contributed by atoms with Crippen molar-refractivity contribution in [2.75, 3.05) is 19.6 Å². The molecule has 0 atom stereocenters. The first-order valence-electron chi connectivity index (χ1n) is 6.69. The molecule has 3 heteroatoms. The Balaban J connectivity index is 2.17. The summed E-state index contributed by atoms with van der Waals surface area (Å²) in [4.78, 5) is 2.42. The van der Waals surface area contributed by atoms with Crippen LogP contribution in [-0.2, 0) is 13.2 Å². The van der Waals surface area contributed by atoms with E-state index >= 15 is 0 Å². The van der Waals surface area contributed by atoms with E-state index in [1.54, 1.807) is 0 Å². The van der Waals surface area contributed by atoms with E-state index in [0.717, 1.165) is 31.7 Å². The molecule has 2 rings (SSSR count). The molecule has 0 unspecified atom stereocenters. The molecule has 2 aromatic rings. The third-order valence-corrected chi connectivity index (χ3v) is 3.57. The third kappa shape index (κ3) is 2.74. The molecule has 3 nitrogen and oxygen atoms in total. The molecule has 0 bridgehead atoms. The number of aliphatic hydroxyl groups excluding tert-OH is 1. The molecule has 1 aromatic heterocycles. The Hall–Kier alpha value is -1.32. The molecule has 0 fully saturated rings. The zero-order valence-electron chi connectivity index (χ0n) is 11.3. The lowest BCUT2D eigenvalue weighted by molar-refractivity contribution is 0.282. The number of fused-ring (bicyclic) bond motifs is 1. The summed E-state index contributed by atoms with van der Waals surface area (Å²) in [5.74, 6) is 0. The van der Waals surface area contributed by atoms with Crippen LogP contribution in [0.2, 0.25) is 0 Å². The number of aromatic nitrogens is 1. The highest BCUT2D eigenvalue weighted by Crippen LogP contribution is 2.17. The maximum Gasteiger partial charge on any atom is 0.0682 e. The second-order valence-electron chi connectivity index (χ2n) is 4.59. The Labute approximate surface area is 109 Å². The Kier molecular flexibility index (Phi) is 4.39. The third-order valence-electron chi connectivity index (χ3n) is 3.57. The molecule has 0 saturated heterocycles. The molecule has 0 radical (unpaired) electrons. The Morgan fingerprint density at radius 2 is 1.94 bits per heavy atom. The number of likely N-dealkylation sites (N-methyl/N-ethyl adjacent to an activating group) is 1. The minimum Gasteiger partial charge on any atom is -0.392 e. The van der Waals surface area contributed by atoms with Crippen LogP contribution in [0.5, 0.6) is 0 Å². The predicted octanol–water partition coefficient (Wildman–Crippen LogP) is 2.48. The lowest BCUT2D eigenvalue weighted by Gasteiger charge is -2.18. The minimum atomic E-state index is 0.108. The molecule has 0 amide bonds. The van der Waals surface area contributed by atoms with Crippen molar-refractivity contribution >= 4 is 10.9 Å². The fraction of sp³-hybridized carbons (Fsp3) is 0.467. The van der Waals surface area contributed by atoms with Crippen molar-refractivity contribution in [1.82, 2.24) is 9.47 Å². The van der Waals surface area contributed by atoms with Crippen LogP contribution in [0.25, 0.3) is 10.9 Å². The summed E-state index contributed by atoms with van der Waals surface area (Å²) < 4.78 is 2.27. The summed E-state index contributed by atoms with van der Waals surface area (Å²) in [7, 11) is 0. The van der Waals surface area contributed by atoms with Crippen molar-refractivity contribution < 1.29 is 5.11 Å². The van der Waals surface area contributed by atoms with Gasteiger partial charge in [0.05, 0.1) is 6.61 Å². The molecule has 0 aliphatic rings. The predicted molar refractivity (Wildman–Crippen MR) is 75.6 cm³/mol. The van der Waals surface area contributed by atoms with Crippen LogP contribution < -0.4 is 0 Å². The monoisotopic (exact) mass is 246 g/mol. The molecule has 18 heavy (non-hydrogen) atoms. The molecule has 1 N–H and O–H groups in total. The van der Waals surface area contributed by atoms with E-state index in [9.17, 15) is 5.11 Å². The standard InChI is InChI=1S/C15H22N2O/c1-3-16(4-2)9-10-17-8-7-14-6-5-13(12-18)11-15(14)17/h5-8,11,18H,3-4,9-10,12H2,1-2H3. The Morgan fingerprint density at radius 1 is 1.17 bits per heavy atom. The second-order valence-corrected chi connectivity index (χ2v) is 4.59. The van der Waals surface area contributed by atoms with Gasteiger partial charge in [-0.3, -0.25) is 0 Å². The zero-order chi connectivity index (χ0) is 13.0. The lowest BCUT2D eigenvalue weighted by Crippen LogP contribution is -2.26. The SMILES string of the molecule is CCN(CC)CCn1ccc2ccc(CO)cc21. The van der Waals surface area contributed by atoms with Gasteiger partial charge in [-0.05, 0) is 36.2 Å². The smallest absolute Gasteiger partial charge is 0.0682 e. The van der Waals surface area contributed by atoms with Gasteiger partial charge in [0.1, 0.15) is 0 Å². The van der Waals surface area contributed by atoms with Crippen LogP contribution in [0.3, 0.4) is 0 Å². The van der Waals surface area contributed by atoms with Crippen molar-refractivity contribution in [3.8, 4) is 0 Å². The number of hydrogen-bond donors (Lipinski definition) is 1. The van der Waals surface area contributed by atoms with Crippen LogP contribution in [-0.4, -0.2) is 34.2 Å². The molecular formula is C15H22N2O. The summed E-state index contributed by atoms with van der Waals surface area (Å²) in [6, 6.07) is 8.28. The van der Waals surface area contributed by atoms with Gasteiger partial charge in [0.15, 0.2) is 0 Å². The van der Waals surface area contributed by atoms with Gasteiger partial charge in [-0.25, -0.2) is 0 Å². The number of hydrogen-bond acceptors (Lipinski definition) is 2. The Bertz CT molecular complexity index is 500. The number of benzene rings is 1. The average Bonchev–Trinajstić information content (AvgIpc) is 2.82. The number of aliphatic hydroxyl groups is 1. The summed E-state index contributed by atoms with van der Waals surface area (Å²) in [6.45, 7) is 8.76. The van der Waals surface area contributed by atoms with E-state index in [1.165, 1.54) is 10.9 Å². The minimum absolute atomic E-state index is 0.108. The second kappa shape index (κ2) is 6.03. The normalized spacial score (nSPS) is 11.6. The van der Waals surface area contributed by atoms with Crippen LogP contribution in [0.4, 0.5) is 0 Å². The van der Waals surface area contributed by atoms with E-state index in [1.807, 2.05) is 6.07 Å². The van der Waals surface area contributed by atoms with E-state index in [-0.39, 0.29) is 6.61 Å². The van der Waals surface area contributed by atoms with Gasteiger partial charge in [-0.1, -0.05) is 26.0 Å². The molecule has 1 heterocycles. The molecule has 98 valence electrons. The van der Waals surface area contributed by atoms with Crippen molar-refractivity contribution in [1.29, 1.82) is 0 Å². The van der Waals surface area contributed by atoms with Crippen LogP contribution in [0.1, 0.15) is 19.4 Å². The van der Waals surface area contributed by atoms with E-state index in [0.29, 0.717) is 0 Å². The summed E-state index contributed by atoms with van der Waals surface area (Å²) in [6.07, 6.45) is 2.13. The summed E-state index contributed by atoms with van der Waals surface area (Å²) in [5, 5.41) is 10.4. The van der Waals surface area contributed by atoms with Gasteiger partial charge in [0.2, 0.25) is 0 Å². The molecule has 0 saturated carbocycles. The first-order valence-corrected chi connectivity index (χ1v) is 6.69. The summed E-state index contributed by atoms with van der Waals surface area (Å²) >= 11 is 0. The van der Waals surface area contributed by atoms with E-state index in [2.05, 4.69) is 47.7 Å². The topological polar surface area (TPSA) is 28.4 Å². The first-order chi connectivity index (χ1) is 8.78.